The minimum atomic E-state index is -0.490. The molecule has 3 rings (SSSR count). The molecule has 0 bridgehead atoms. The standard InChI is InChI=1S/C19H23BrN2O2/c1-24-19-8-7-15(13-17(19)20)18(23)14-21-9-11-22(12-10-21)16-5-3-2-4-6-16/h2-8,13,18,23H,9-12,14H2,1H3. The van der Waals surface area contributed by atoms with Crippen LogP contribution in [0.25, 0.3) is 0 Å². The van der Waals surface area contributed by atoms with E-state index in [2.05, 4.69) is 50.0 Å². The molecule has 24 heavy (non-hydrogen) atoms. The average Bonchev–Trinajstić information content (AvgIpc) is 2.63. The summed E-state index contributed by atoms with van der Waals surface area (Å²) < 4.78 is 6.11. The zero-order valence-electron chi connectivity index (χ0n) is 13.9. The Labute approximate surface area is 151 Å². The van der Waals surface area contributed by atoms with Crippen LogP contribution in [0.1, 0.15) is 11.7 Å². The number of nitrogens with zero attached hydrogens (tertiary/aromatic N) is 2. The van der Waals surface area contributed by atoms with Gasteiger partial charge in [-0.05, 0) is 45.8 Å². The second-order valence-electron chi connectivity index (χ2n) is 6.03. The van der Waals surface area contributed by atoms with Gasteiger partial charge in [0.25, 0.3) is 0 Å². The molecule has 1 saturated heterocycles. The molecule has 2 aromatic rings. The first kappa shape index (κ1) is 17.3. The SMILES string of the molecule is COc1ccc(C(O)CN2CCN(c3ccccc3)CC2)cc1Br. The van der Waals surface area contributed by atoms with Gasteiger partial charge in [0.05, 0.1) is 17.7 Å². The third-order valence-corrected chi connectivity index (χ3v) is 5.11. The van der Waals surface area contributed by atoms with E-state index in [1.165, 1.54) is 5.69 Å². The number of aliphatic hydroxyl groups excluding tert-OH is 1. The van der Waals surface area contributed by atoms with Crippen molar-refractivity contribution in [2.75, 3.05) is 44.7 Å². The van der Waals surface area contributed by atoms with Crippen LogP contribution >= 0.6 is 15.9 Å². The first-order valence-electron chi connectivity index (χ1n) is 8.21. The van der Waals surface area contributed by atoms with Gasteiger partial charge in [0, 0.05) is 38.4 Å². The van der Waals surface area contributed by atoms with E-state index >= 15 is 0 Å². The lowest BCUT2D eigenvalue weighted by Crippen LogP contribution is -2.47. The van der Waals surface area contributed by atoms with Gasteiger partial charge in [-0.3, -0.25) is 4.90 Å². The van der Waals surface area contributed by atoms with Crippen LogP contribution in [0.3, 0.4) is 0 Å². The van der Waals surface area contributed by atoms with Crippen LogP contribution < -0.4 is 9.64 Å². The molecule has 0 amide bonds. The molecular weight excluding hydrogens is 368 g/mol. The van der Waals surface area contributed by atoms with E-state index in [0.717, 1.165) is 42.0 Å². The summed E-state index contributed by atoms with van der Waals surface area (Å²) in [4.78, 5) is 4.72. The van der Waals surface area contributed by atoms with Crippen LogP contribution in [0.2, 0.25) is 0 Å². The van der Waals surface area contributed by atoms with Gasteiger partial charge in [-0.2, -0.15) is 0 Å². The fraction of sp³-hybridized carbons (Fsp3) is 0.368. The Kier molecular flexibility index (Phi) is 5.76. The van der Waals surface area contributed by atoms with E-state index < -0.39 is 6.10 Å². The van der Waals surface area contributed by atoms with Gasteiger partial charge < -0.3 is 14.7 Å². The Bertz CT molecular complexity index is 658. The molecule has 1 N–H and O–H groups in total. The lowest BCUT2D eigenvalue weighted by molar-refractivity contribution is 0.109. The molecule has 0 saturated carbocycles. The van der Waals surface area contributed by atoms with Crippen molar-refractivity contribution in [3.8, 4) is 5.75 Å². The van der Waals surface area contributed by atoms with E-state index in [1.807, 2.05) is 24.3 Å². The summed E-state index contributed by atoms with van der Waals surface area (Å²) in [7, 11) is 1.64. The summed E-state index contributed by atoms with van der Waals surface area (Å²) >= 11 is 3.48. The first-order valence-corrected chi connectivity index (χ1v) is 9.00. The number of anilines is 1. The molecule has 0 aromatic heterocycles. The van der Waals surface area contributed by atoms with E-state index in [4.69, 9.17) is 4.74 Å². The molecule has 0 radical (unpaired) electrons. The second kappa shape index (κ2) is 8.01. The van der Waals surface area contributed by atoms with Crippen LogP contribution in [0.15, 0.2) is 53.0 Å². The summed E-state index contributed by atoms with van der Waals surface area (Å²) in [5.74, 6) is 0.780. The number of aliphatic hydroxyl groups is 1. The molecule has 5 heteroatoms. The molecule has 1 aliphatic heterocycles. The minimum absolute atomic E-state index is 0.490. The molecule has 128 valence electrons. The number of piperazine rings is 1. The highest BCUT2D eigenvalue weighted by molar-refractivity contribution is 9.10. The van der Waals surface area contributed by atoms with Crippen LogP contribution in [-0.2, 0) is 0 Å². The van der Waals surface area contributed by atoms with Crippen molar-refractivity contribution in [1.82, 2.24) is 4.90 Å². The third-order valence-electron chi connectivity index (χ3n) is 4.49. The molecule has 0 aliphatic carbocycles. The van der Waals surface area contributed by atoms with Crippen molar-refractivity contribution in [1.29, 1.82) is 0 Å². The van der Waals surface area contributed by atoms with Crippen LogP contribution in [-0.4, -0.2) is 49.8 Å². The van der Waals surface area contributed by atoms with Gasteiger partial charge in [-0.1, -0.05) is 24.3 Å². The fourth-order valence-electron chi connectivity index (χ4n) is 3.07. The number of halogens is 1. The molecule has 4 nitrogen and oxygen atoms in total. The zero-order valence-corrected chi connectivity index (χ0v) is 15.4. The predicted octanol–water partition coefficient (Wildman–Crippen LogP) is 3.31. The first-order chi connectivity index (χ1) is 11.7. The maximum absolute atomic E-state index is 10.5. The van der Waals surface area contributed by atoms with Gasteiger partial charge in [-0.25, -0.2) is 0 Å². The average molecular weight is 391 g/mol. The number of β-amino-alcohol motifs (C(OH)–C–C–N with tert-alkyl or cyclic N) is 1. The summed E-state index contributed by atoms with van der Waals surface area (Å²) in [5.41, 5.74) is 2.19. The summed E-state index contributed by atoms with van der Waals surface area (Å²) in [6, 6.07) is 16.2. The number of hydrogen-bond acceptors (Lipinski definition) is 4. The molecule has 1 fully saturated rings. The lowest BCUT2D eigenvalue weighted by atomic mass is 10.1. The Morgan fingerprint density at radius 3 is 2.42 bits per heavy atom. The topological polar surface area (TPSA) is 35.9 Å². The van der Waals surface area contributed by atoms with Gasteiger partial charge in [0.15, 0.2) is 0 Å². The summed E-state index contributed by atoms with van der Waals surface area (Å²) in [6.45, 7) is 4.56. The van der Waals surface area contributed by atoms with E-state index in [9.17, 15) is 5.11 Å². The molecule has 1 aliphatic rings. The van der Waals surface area contributed by atoms with Crippen molar-refractivity contribution < 1.29 is 9.84 Å². The maximum Gasteiger partial charge on any atom is 0.133 e. The van der Waals surface area contributed by atoms with Crippen molar-refractivity contribution in [3.05, 3.63) is 58.6 Å². The third kappa shape index (κ3) is 4.09. The van der Waals surface area contributed by atoms with Gasteiger partial charge in [0.1, 0.15) is 5.75 Å². The number of ether oxygens (including phenoxy) is 1. The molecule has 1 atom stereocenters. The molecule has 0 spiro atoms. The largest absolute Gasteiger partial charge is 0.496 e. The van der Waals surface area contributed by atoms with Crippen molar-refractivity contribution >= 4 is 21.6 Å². The molecule has 1 unspecified atom stereocenters. The van der Waals surface area contributed by atoms with E-state index in [1.54, 1.807) is 7.11 Å². The van der Waals surface area contributed by atoms with Crippen LogP contribution in [0.4, 0.5) is 5.69 Å². The van der Waals surface area contributed by atoms with Gasteiger partial charge in [0.2, 0.25) is 0 Å². The molecule has 1 heterocycles. The van der Waals surface area contributed by atoms with Crippen molar-refractivity contribution in [2.24, 2.45) is 0 Å². The minimum Gasteiger partial charge on any atom is -0.496 e. The smallest absolute Gasteiger partial charge is 0.133 e. The van der Waals surface area contributed by atoms with Crippen molar-refractivity contribution in [2.45, 2.75) is 6.10 Å². The number of benzene rings is 2. The Morgan fingerprint density at radius 1 is 1.08 bits per heavy atom. The van der Waals surface area contributed by atoms with E-state index in [0.29, 0.717) is 6.54 Å². The molecular formula is C19H23BrN2O2. The number of hydrogen-bond donors (Lipinski definition) is 1. The highest BCUT2D eigenvalue weighted by Gasteiger charge is 2.20. The lowest BCUT2D eigenvalue weighted by Gasteiger charge is -2.37. The quantitative estimate of drug-likeness (QED) is 0.849. The Balaban J connectivity index is 1.55. The number of rotatable bonds is 5. The van der Waals surface area contributed by atoms with Crippen molar-refractivity contribution in [3.63, 3.8) is 0 Å². The van der Waals surface area contributed by atoms with Gasteiger partial charge >= 0.3 is 0 Å². The maximum atomic E-state index is 10.5. The van der Waals surface area contributed by atoms with Gasteiger partial charge in [-0.15, -0.1) is 0 Å². The molecule has 2 aromatic carbocycles. The summed E-state index contributed by atoms with van der Waals surface area (Å²) in [6.07, 6.45) is -0.490. The highest BCUT2D eigenvalue weighted by atomic mass is 79.9. The monoisotopic (exact) mass is 390 g/mol. The Morgan fingerprint density at radius 2 is 1.79 bits per heavy atom. The zero-order chi connectivity index (χ0) is 16.9. The van der Waals surface area contributed by atoms with E-state index in [-0.39, 0.29) is 0 Å². The van der Waals surface area contributed by atoms with Crippen LogP contribution in [0.5, 0.6) is 5.75 Å². The Hall–Kier alpha value is -1.56. The normalized spacial score (nSPS) is 16.9. The van der Waals surface area contributed by atoms with Crippen LogP contribution in [0, 0.1) is 0 Å². The number of methoxy groups -OCH3 is 1. The highest BCUT2D eigenvalue weighted by Crippen LogP contribution is 2.28. The fourth-order valence-corrected chi connectivity index (χ4v) is 3.63. The predicted molar refractivity (Wildman–Crippen MR) is 101 cm³/mol. The number of para-hydroxylation sites is 1. The second-order valence-corrected chi connectivity index (χ2v) is 6.89. The summed E-state index contributed by atoms with van der Waals surface area (Å²) in [5, 5.41) is 10.5.